The first-order valence-corrected chi connectivity index (χ1v) is 13.2. The van der Waals surface area contributed by atoms with Gasteiger partial charge in [0.2, 0.25) is 0 Å². The number of carbonyl (C=O) groups excluding carboxylic acids is 3. The average Bonchev–Trinajstić information content (AvgIpc) is 3.23. The number of aldehydes is 1. The number of aliphatic hydroxyl groups excluding tert-OH is 4. The third-order valence-corrected chi connectivity index (χ3v) is 7.34. The zero-order valence-corrected chi connectivity index (χ0v) is 22.2. The first-order valence-electron chi connectivity index (χ1n) is 13.2. The van der Waals surface area contributed by atoms with E-state index < -0.39 is 67.4 Å². The largest absolute Gasteiger partial charge is 0.508 e. The third-order valence-electron chi connectivity index (χ3n) is 7.34. The van der Waals surface area contributed by atoms with Gasteiger partial charge in [-0.05, 0) is 47.8 Å². The van der Waals surface area contributed by atoms with Crippen molar-refractivity contribution in [2.24, 2.45) is 5.92 Å². The molecule has 5 N–H and O–H groups in total. The lowest BCUT2D eigenvalue weighted by Crippen LogP contribution is -2.59. The van der Waals surface area contributed by atoms with Crippen molar-refractivity contribution < 1.29 is 58.9 Å². The second-order valence-electron chi connectivity index (χ2n) is 10.3. The number of benzene rings is 1. The third kappa shape index (κ3) is 7.47. The molecule has 3 aliphatic rings. The van der Waals surface area contributed by atoms with Gasteiger partial charge >= 0.3 is 11.9 Å². The zero-order valence-electron chi connectivity index (χ0n) is 22.2. The van der Waals surface area contributed by atoms with Crippen LogP contribution >= 0.6 is 0 Å². The van der Waals surface area contributed by atoms with E-state index in [1.165, 1.54) is 12.1 Å². The van der Waals surface area contributed by atoms with E-state index in [4.69, 9.17) is 18.9 Å². The number of phenols is 1. The molecule has 1 aromatic carbocycles. The summed E-state index contributed by atoms with van der Waals surface area (Å²) in [5, 5.41) is 51.3. The van der Waals surface area contributed by atoms with Gasteiger partial charge in [0.05, 0.1) is 25.0 Å². The molecule has 0 amide bonds. The van der Waals surface area contributed by atoms with Gasteiger partial charge in [0, 0.05) is 12.0 Å². The zero-order chi connectivity index (χ0) is 29.7. The van der Waals surface area contributed by atoms with Crippen LogP contribution < -0.4 is 0 Å². The number of phenolic OH excluding ortho intramolecular Hbond substituents is 1. The molecule has 0 unspecified atom stereocenters. The summed E-state index contributed by atoms with van der Waals surface area (Å²) in [5.41, 5.74) is 1.66. The van der Waals surface area contributed by atoms with Gasteiger partial charge in [0.15, 0.2) is 6.29 Å². The van der Waals surface area contributed by atoms with Crippen LogP contribution in [0.2, 0.25) is 0 Å². The number of aromatic hydroxyl groups is 1. The van der Waals surface area contributed by atoms with E-state index in [2.05, 4.69) is 6.58 Å². The lowest BCUT2D eigenvalue weighted by molar-refractivity contribution is -0.299. The topological polar surface area (TPSA) is 189 Å². The maximum Gasteiger partial charge on any atom is 0.334 e. The highest BCUT2D eigenvalue weighted by atomic mass is 16.7. The molecule has 8 atom stereocenters. The molecule has 41 heavy (non-hydrogen) atoms. The summed E-state index contributed by atoms with van der Waals surface area (Å²) in [6, 6.07) is 5.97. The van der Waals surface area contributed by atoms with Crippen molar-refractivity contribution in [3.05, 3.63) is 65.3 Å². The minimum Gasteiger partial charge on any atom is -0.508 e. The fraction of sp³-hybridized carbons (Fsp3) is 0.483. The molecule has 12 nitrogen and oxygen atoms in total. The van der Waals surface area contributed by atoms with Crippen molar-refractivity contribution in [1.82, 2.24) is 0 Å². The Morgan fingerprint density at radius 1 is 1.10 bits per heavy atom. The Kier molecular flexibility index (Phi) is 10.1. The molecule has 0 radical (unpaired) electrons. The number of fused-ring (bicyclic) bond motifs is 1. The van der Waals surface area contributed by atoms with Crippen LogP contribution in [0.5, 0.6) is 5.75 Å². The molecule has 2 fully saturated rings. The fourth-order valence-corrected chi connectivity index (χ4v) is 5.01. The number of hydrogen-bond donors (Lipinski definition) is 5. The highest BCUT2D eigenvalue weighted by Gasteiger charge is 2.45. The van der Waals surface area contributed by atoms with Gasteiger partial charge in [-0.25, -0.2) is 4.79 Å². The molecular formula is C29H34O12. The molecule has 1 aromatic rings. The molecular weight excluding hydrogens is 540 g/mol. The number of aliphatic hydroxyl groups is 4. The summed E-state index contributed by atoms with van der Waals surface area (Å²) < 4.78 is 22.0. The Morgan fingerprint density at radius 3 is 2.54 bits per heavy atom. The molecule has 0 spiro atoms. The fourth-order valence-electron chi connectivity index (χ4n) is 5.01. The van der Waals surface area contributed by atoms with Crippen LogP contribution in [0.25, 0.3) is 0 Å². The minimum atomic E-state index is -1.66. The highest BCUT2D eigenvalue weighted by molar-refractivity contribution is 5.91. The molecule has 0 bridgehead atoms. The summed E-state index contributed by atoms with van der Waals surface area (Å²) in [7, 11) is 0. The van der Waals surface area contributed by atoms with E-state index in [1.807, 2.05) is 0 Å². The van der Waals surface area contributed by atoms with Gasteiger partial charge in [0.1, 0.15) is 49.2 Å². The molecule has 1 aliphatic carbocycles. The Bertz CT molecular complexity index is 1190. The standard InChI is InChI=1S/C29H34O12/c1-15-24-20(32)9-17(12-30)3-2-4-18(10-21(24)40-28(15)37)13-39-29-27(36)26(35)25(34)22(41-29)14-38-23(33)11-16-5-7-19(31)8-6-16/h3,5-8,10,12,20-22,24-27,29,31-32,34-36H,1-2,4,9,11,13-14H2/t20-,21+,22-,24+,25-,26+,27-,29-/m0/s1. The first kappa shape index (κ1) is 30.6. The predicted molar refractivity (Wildman–Crippen MR) is 140 cm³/mol. The van der Waals surface area contributed by atoms with Gasteiger partial charge in [0.25, 0.3) is 0 Å². The molecule has 0 aromatic heterocycles. The summed E-state index contributed by atoms with van der Waals surface area (Å²) >= 11 is 0. The van der Waals surface area contributed by atoms with E-state index in [-0.39, 0.29) is 30.8 Å². The number of rotatable bonds is 8. The van der Waals surface area contributed by atoms with E-state index in [9.17, 15) is 39.9 Å². The molecule has 12 heteroatoms. The van der Waals surface area contributed by atoms with E-state index in [0.29, 0.717) is 35.8 Å². The van der Waals surface area contributed by atoms with Crippen molar-refractivity contribution in [3.8, 4) is 5.75 Å². The van der Waals surface area contributed by atoms with Crippen LogP contribution in [-0.2, 0) is 39.8 Å². The second-order valence-corrected chi connectivity index (χ2v) is 10.3. The average molecular weight is 575 g/mol. The van der Waals surface area contributed by atoms with Crippen LogP contribution in [0.15, 0.2) is 59.7 Å². The van der Waals surface area contributed by atoms with Gasteiger partial charge in [-0.15, -0.1) is 0 Å². The summed E-state index contributed by atoms with van der Waals surface area (Å²) in [4.78, 5) is 35.9. The number of allylic oxidation sites excluding steroid dienone is 1. The Balaban J connectivity index is 1.40. The summed E-state index contributed by atoms with van der Waals surface area (Å²) in [6.45, 7) is 3.15. The summed E-state index contributed by atoms with van der Waals surface area (Å²) in [5.74, 6) is -2.01. The van der Waals surface area contributed by atoms with Crippen LogP contribution in [0.1, 0.15) is 24.8 Å². The second kappa shape index (κ2) is 13.5. The smallest absolute Gasteiger partial charge is 0.334 e. The first-order chi connectivity index (χ1) is 19.6. The van der Waals surface area contributed by atoms with Gasteiger partial charge in [-0.2, -0.15) is 0 Å². The van der Waals surface area contributed by atoms with Gasteiger partial charge in [-0.1, -0.05) is 24.8 Å². The normalized spacial score (nSPS) is 32.3. The van der Waals surface area contributed by atoms with Crippen LogP contribution in [0.3, 0.4) is 0 Å². The minimum absolute atomic E-state index is 0.0449. The molecule has 0 saturated carbocycles. The molecule has 2 saturated heterocycles. The van der Waals surface area contributed by atoms with Crippen molar-refractivity contribution in [3.63, 3.8) is 0 Å². The van der Waals surface area contributed by atoms with Crippen molar-refractivity contribution in [1.29, 1.82) is 0 Å². The molecule has 2 aliphatic heterocycles. The lowest BCUT2D eigenvalue weighted by Gasteiger charge is -2.40. The number of esters is 2. The lowest BCUT2D eigenvalue weighted by atomic mass is 9.85. The predicted octanol–water partition coefficient (Wildman–Crippen LogP) is -0.00360. The van der Waals surface area contributed by atoms with Gasteiger partial charge in [-0.3, -0.25) is 9.59 Å². The maximum absolute atomic E-state index is 12.3. The van der Waals surface area contributed by atoms with Crippen molar-refractivity contribution >= 4 is 18.2 Å². The van der Waals surface area contributed by atoms with Crippen LogP contribution in [-0.4, -0.2) is 99.9 Å². The Labute approximate surface area is 236 Å². The number of carbonyl (C=O) groups is 3. The summed E-state index contributed by atoms with van der Waals surface area (Å²) in [6.07, 6.45) is -4.71. The van der Waals surface area contributed by atoms with Crippen LogP contribution in [0.4, 0.5) is 0 Å². The number of ether oxygens (including phenoxy) is 4. The quantitative estimate of drug-likeness (QED) is 0.121. The van der Waals surface area contributed by atoms with E-state index in [0.717, 1.165) is 0 Å². The van der Waals surface area contributed by atoms with E-state index in [1.54, 1.807) is 24.3 Å². The number of hydrogen-bond acceptors (Lipinski definition) is 12. The highest BCUT2D eigenvalue weighted by Crippen LogP contribution is 2.35. The van der Waals surface area contributed by atoms with Crippen molar-refractivity contribution in [2.45, 2.75) is 68.6 Å². The Morgan fingerprint density at radius 2 is 1.83 bits per heavy atom. The Hall–Kier alpha value is -3.39. The SMILES string of the molecule is C=C1C(=O)O[C@@H]2C=C(CO[C@H]3O[C@@H](COC(=O)Cc4ccc(O)cc4)[C@H](O)[C@@H](O)[C@@H]3O)CCC=C(C=O)C[C@H](O)[C@@H]12. The molecule has 4 rings (SSSR count). The molecule has 222 valence electrons. The van der Waals surface area contributed by atoms with E-state index >= 15 is 0 Å². The van der Waals surface area contributed by atoms with Crippen molar-refractivity contribution in [2.75, 3.05) is 13.2 Å². The monoisotopic (exact) mass is 574 g/mol. The molecule has 2 heterocycles. The van der Waals surface area contributed by atoms with Crippen LogP contribution in [0, 0.1) is 5.92 Å². The maximum atomic E-state index is 12.3. The van der Waals surface area contributed by atoms with Gasteiger partial charge < -0.3 is 44.5 Å².